The highest BCUT2D eigenvalue weighted by Gasteiger charge is 2.33. The first kappa shape index (κ1) is 17.5. The average molecular weight is 317 g/mol. The molecular weight excluding hydrogens is 290 g/mol. The van der Waals surface area contributed by atoms with Gasteiger partial charge in [0.1, 0.15) is 6.04 Å². The second-order valence-electron chi connectivity index (χ2n) is 6.29. The molecule has 1 aromatic rings. The van der Waals surface area contributed by atoms with Crippen LogP contribution in [0.3, 0.4) is 0 Å². The Bertz CT molecular complexity index is 524. The van der Waals surface area contributed by atoms with Gasteiger partial charge in [-0.05, 0) is 57.2 Å². The average Bonchev–Trinajstić information content (AvgIpc) is 2.62. The quantitative estimate of drug-likeness (QED) is 0.871. The van der Waals surface area contributed by atoms with E-state index in [0.29, 0.717) is 12.5 Å². The third-order valence-corrected chi connectivity index (χ3v) is 4.81. The third-order valence-electron chi connectivity index (χ3n) is 4.81. The summed E-state index contributed by atoms with van der Waals surface area (Å²) in [5.74, 6) is 0.395. The maximum absolute atomic E-state index is 13.1. The fourth-order valence-corrected chi connectivity index (χ4v) is 3.30. The molecule has 23 heavy (non-hydrogen) atoms. The van der Waals surface area contributed by atoms with Gasteiger partial charge in [-0.15, -0.1) is 0 Å². The van der Waals surface area contributed by atoms with Crippen LogP contribution in [0.2, 0.25) is 0 Å². The van der Waals surface area contributed by atoms with Crippen LogP contribution in [0.25, 0.3) is 0 Å². The summed E-state index contributed by atoms with van der Waals surface area (Å²) >= 11 is 0. The van der Waals surface area contributed by atoms with E-state index in [9.17, 15) is 9.59 Å². The topological polar surface area (TPSA) is 75.4 Å². The second kappa shape index (κ2) is 8.11. The summed E-state index contributed by atoms with van der Waals surface area (Å²) in [7, 11) is 1.60. The molecule has 1 fully saturated rings. The van der Waals surface area contributed by atoms with Crippen molar-refractivity contribution >= 4 is 17.5 Å². The molecule has 1 atom stereocenters. The lowest BCUT2D eigenvalue weighted by Crippen LogP contribution is -2.50. The lowest BCUT2D eigenvalue weighted by molar-refractivity contribution is -0.128. The Morgan fingerprint density at radius 3 is 2.35 bits per heavy atom. The Morgan fingerprint density at radius 2 is 1.83 bits per heavy atom. The zero-order valence-electron chi connectivity index (χ0n) is 14.0. The van der Waals surface area contributed by atoms with E-state index in [1.165, 1.54) is 0 Å². The van der Waals surface area contributed by atoms with Crippen molar-refractivity contribution in [3.63, 3.8) is 0 Å². The molecule has 0 saturated heterocycles. The fraction of sp³-hybridized carbons (Fsp3) is 0.556. The Morgan fingerprint density at radius 1 is 1.22 bits per heavy atom. The highest BCUT2D eigenvalue weighted by molar-refractivity contribution is 6.01. The fourth-order valence-electron chi connectivity index (χ4n) is 3.30. The summed E-state index contributed by atoms with van der Waals surface area (Å²) in [6.45, 7) is 2.47. The number of likely N-dealkylation sites (N-methyl/N-ethyl adjacent to an activating group) is 1. The van der Waals surface area contributed by atoms with E-state index >= 15 is 0 Å². The van der Waals surface area contributed by atoms with Crippen molar-refractivity contribution in [2.24, 2.45) is 17.6 Å². The summed E-state index contributed by atoms with van der Waals surface area (Å²) in [5.41, 5.74) is 6.51. The predicted molar refractivity (Wildman–Crippen MR) is 92.0 cm³/mol. The van der Waals surface area contributed by atoms with Gasteiger partial charge in [0.15, 0.2) is 0 Å². The number of rotatable bonds is 5. The highest BCUT2D eigenvalue weighted by atomic mass is 16.2. The van der Waals surface area contributed by atoms with Crippen LogP contribution in [-0.2, 0) is 9.59 Å². The van der Waals surface area contributed by atoms with E-state index in [-0.39, 0.29) is 17.7 Å². The third kappa shape index (κ3) is 4.10. The molecule has 0 spiro atoms. The number of para-hydroxylation sites is 1. The number of benzene rings is 1. The number of nitrogens with one attached hydrogen (secondary N) is 1. The Balaban J connectivity index is 2.20. The lowest BCUT2D eigenvalue weighted by atomic mass is 9.81. The number of nitrogens with zero attached hydrogens (tertiary/aromatic N) is 1. The molecule has 1 aliphatic rings. The molecule has 1 saturated carbocycles. The van der Waals surface area contributed by atoms with Crippen LogP contribution in [-0.4, -0.2) is 31.4 Å². The van der Waals surface area contributed by atoms with E-state index < -0.39 is 6.04 Å². The number of hydrogen-bond acceptors (Lipinski definition) is 3. The van der Waals surface area contributed by atoms with E-state index in [2.05, 4.69) is 5.32 Å². The molecular formula is C18H27N3O2. The minimum atomic E-state index is -0.526. The molecule has 126 valence electrons. The van der Waals surface area contributed by atoms with Gasteiger partial charge in [-0.3, -0.25) is 14.5 Å². The van der Waals surface area contributed by atoms with Gasteiger partial charge < -0.3 is 11.1 Å². The molecule has 2 rings (SSSR count). The maximum atomic E-state index is 13.1. The normalized spacial score (nSPS) is 22.2. The van der Waals surface area contributed by atoms with Crippen molar-refractivity contribution in [2.45, 2.75) is 38.6 Å². The molecule has 0 aliphatic heterocycles. The highest BCUT2D eigenvalue weighted by Crippen LogP contribution is 2.31. The summed E-state index contributed by atoms with van der Waals surface area (Å²) in [5, 5.41) is 2.64. The molecule has 1 aromatic carbocycles. The minimum Gasteiger partial charge on any atom is -0.357 e. The van der Waals surface area contributed by atoms with Crippen molar-refractivity contribution in [1.82, 2.24) is 5.32 Å². The van der Waals surface area contributed by atoms with Crippen molar-refractivity contribution < 1.29 is 9.59 Å². The van der Waals surface area contributed by atoms with Gasteiger partial charge in [-0.1, -0.05) is 18.2 Å². The van der Waals surface area contributed by atoms with E-state index in [4.69, 9.17) is 5.73 Å². The van der Waals surface area contributed by atoms with E-state index in [1.807, 2.05) is 30.3 Å². The molecule has 0 radical (unpaired) electrons. The molecule has 0 heterocycles. The summed E-state index contributed by atoms with van der Waals surface area (Å²) in [6.07, 6.45) is 3.68. The zero-order valence-corrected chi connectivity index (χ0v) is 14.0. The number of anilines is 1. The molecule has 0 bridgehead atoms. The number of hydrogen-bond donors (Lipinski definition) is 2. The van der Waals surface area contributed by atoms with Gasteiger partial charge in [-0.25, -0.2) is 0 Å². The van der Waals surface area contributed by atoms with Gasteiger partial charge in [0.05, 0.1) is 0 Å². The van der Waals surface area contributed by atoms with Crippen LogP contribution in [0, 0.1) is 11.8 Å². The summed E-state index contributed by atoms with van der Waals surface area (Å²) in [6, 6.07) is 8.91. The molecule has 3 N–H and O–H groups in total. The SMILES string of the molecule is CNC(=O)[C@H](C)N(C(=O)C1CCC(CN)CC1)c1ccccc1. The van der Waals surface area contributed by atoms with Gasteiger partial charge in [-0.2, -0.15) is 0 Å². The number of carbonyl (C=O) groups is 2. The molecule has 5 heteroatoms. The van der Waals surface area contributed by atoms with Crippen molar-refractivity contribution in [3.05, 3.63) is 30.3 Å². The molecule has 5 nitrogen and oxygen atoms in total. The van der Waals surface area contributed by atoms with Crippen molar-refractivity contribution in [3.8, 4) is 0 Å². The minimum absolute atomic E-state index is 0.0230. The second-order valence-corrected chi connectivity index (χ2v) is 6.29. The first-order valence-electron chi connectivity index (χ1n) is 8.38. The van der Waals surface area contributed by atoms with Crippen LogP contribution < -0.4 is 16.0 Å². The maximum Gasteiger partial charge on any atom is 0.242 e. The molecule has 0 aromatic heterocycles. The van der Waals surface area contributed by atoms with Crippen molar-refractivity contribution in [2.75, 3.05) is 18.5 Å². The molecule has 0 unspecified atom stereocenters. The molecule has 2 amide bonds. The summed E-state index contributed by atoms with van der Waals surface area (Å²) in [4.78, 5) is 26.8. The van der Waals surface area contributed by atoms with E-state index in [1.54, 1.807) is 18.9 Å². The van der Waals surface area contributed by atoms with Gasteiger partial charge >= 0.3 is 0 Å². The van der Waals surface area contributed by atoms with Gasteiger partial charge in [0.2, 0.25) is 11.8 Å². The smallest absolute Gasteiger partial charge is 0.242 e. The van der Waals surface area contributed by atoms with Crippen LogP contribution in [0.5, 0.6) is 0 Å². The monoisotopic (exact) mass is 317 g/mol. The Hall–Kier alpha value is -1.88. The van der Waals surface area contributed by atoms with Gasteiger partial charge in [0, 0.05) is 18.7 Å². The largest absolute Gasteiger partial charge is 0.357 e. The lowest BCUT2D eigenvalue weighted by Gasteiger charge is -2.34. The summed E-state index contributed by atoms with van der Waals surface area (Å²) < 4.78 is 0. The van der Waals surface area contributed by atoms with Crippen LogP contribution in [0.15, 0.2) is 30.3 Å². The van der Waals surface area contributed by atoms with Crippen LogP contribution in [0.1, 0.15) is 32.6 Å². The van der Waals surface area contributed by atoms with Crippen molar-refractivity contribution in [1.29, 1.82) is 0 Å². The predicted octanol–water partition coefficient (Wildman–Crippen LogP) is 1.92. The number of carbonyl (C=O) groups excluding carboxylic acids is 2. The standard InChI is InChI=1S/C18H27N3O2/c1-13(17(22)20-2)21(16-6-4-3-5-7-16)18(23)15-10-8-14(12-19)9-11-15/h3-7,13-15H,8-12,19H2,1-2H3,(H,20,22)/t13-,14?,15?/m0/s1. The zero-order chi connectivity index (χ0) is 16.8. The number of amides is 2. The number of nitrogens with two attached hydrogens (primary N) is 1. The first-order chi connectivity index (χ1) is 11.1. The Labute approximate surface area is 138 Å². The first-order valence-corrected chi connectivity index (χ1v) is 8.38. The molecule has 1 aliphatic carbocycles. The van der Waals surface area contributed by atoms with E-state index in [0.717, 1.165) is 31.4 Å². The van der Waals surface area contributed by atoms with Crippen LogP contribution in [0.4, 0.5) is 5.69 Å². The van der Waals surface area contributed by atoms with Crippen LogP contribution >= 0.6 is 0 Å². The van der Waals surface area contributed by atoms with Gasteiger partial charge in [0.25, 0.3) is 0 Å². The Kier molecular flexibility index (Phi) is 6.16.